The van der Waals surface area contributed by atoms with Gasteiger partial charge in [0.1, 0.15) is 18.9 Å². The van der Waals surface area contributed by atoms with Gasteiger partial charge in [-0.25, -0.2) is 0 Å². The normalized spacial score (nSPS) is 14.5. The van der Waals surface area contributed by atoms with Crippen LogP contribution in [0.2, 0.25) is 10.0 Å². The summed E-state index contributed by atoms with van der Waals surface area (Å²) in [5, 5.41) is 3.04. The number of carbonyl (C=O) groups excluding carboxylic acids is 3. The topological polar surface area (TPSA) is 75.7 Å². The molecule has 0 radical (unpaired) electrons. The van der Waals surface area contributed by atoms with E-state index in [1.54, 1.807) is 54.6 Å². The number of halogens is 2. The first-order valence-electron chi connectivity index (χ1n) is 10.2. The van der Waals surface area contributed by atoms with Gasteiger partial charge >= 0.3 is 0 Å². The maximum absolute atomic E-state index is 12.9. The SMILES string of the molecule is O=C(CN1C(=O)S/C(=C/c2ccccc2OCc2ccccc2Cl)C1=O)Nc1ccccc1Cl. The van der Waals surface area contributed by atoms with E-state index in [1.807, 2.05) is 24.3 Å². The zero-order chi connectivity index (χ0) is 24.1. The van der Waals surface area contributed by atoms with Gasteiger partial charge in [-0.3, -0.25) is 19.3 Å². The number of hydrogen-bond donors (Lipinski definition) is 1. The van der Waals surface area contributed by atoms with Crippen molar-refractivity contribution in [2.24, 2.45) is 0 Å². The van der Waals surface area contributed by atoms with Crippen LogP contribution in [0, 0.1) is 0 Å². The Labute approximate surface area is 210 Å². The van der Waals surface area contributed by atoms with E-state index >= 15 is 0 Å². The molecular formula is C25H18Cl2N2O4S. The van der Waals surface area contributed by atoms with E-state index in [0.29, 0.717) is 27.0 Å². The van der Waals surface area contributed by atoms with Crippen LogP contribution in [0.15, 0.2) is 77.7 Å². The van der Waals surface area contributed by atoms with E-state index in [0.717, 1.165) is 22.2 Å². The predicted octanol–water partition coefficient (Wildman–Crippen LogP) is 6.25. The van der Waals surface area contributed by atoms with Crippen LogP contribution >= 0.6 is 35.0 Å². The molecule has 0 spiro atoms. The number of carbonyl (C=O) groups is 3. The number of nitrogens with one attached hydrogen (secondary N) is 1. The van der Waals surface area contributed by atoms with Gasteiger partial charge in [-0.15, -0.1) is 0 Å². The summed E-state index contributed by atoms with van der Waals surface area (Å²) in [6, 6.07) is 21.2. The standard InChI is InChI=1S/C25H18Cl2N2O4S/c26-18-9-3-1-8-17(18)15-33-21-12-6-2-7-16(21)13-22-24(31)29(25(32)34-22)14-23(30)28-20-11-5-4-10-19(20)27/h1-13H,14-15H2,(H,28,30)/b22-13+. The van der Waals surface area contributed by atoms with Crippen LogP contribution in [0.5, 0.6) is 5.75 Å². The van der Waals surface area contributed by atoms with Crippen molar-refractivity contribution < 1.29 is 19.1 Å². The second kappa shape index (κ2) is 10.8. The minimum absolute atomic E-state index is 0.198. The van der Waals surface area contributed by atoms with Crippen molar-refractivity contribution in [2.75, 3.05) is 11.9 Å². The summed E-state index contributed by atoms with van der Waals surface area (Å²) in [5.74, 6) is -0.545. The Hall–Kier alpha value is -3.26. The Kier molecular flexibility index (Phi) is 7.57. The summed E-state index contributed by atoms with van der Waals surface area (Å²) in [5.41, 5.74) is 1.85. The molecule has 6 nitrogen and oxygen atoms in total. The molecule has 0 aliphatic carbocycles. The van der Waals surface area contributed by atoms with Gasteiger partial charge < -0.3 is 10.1 Å². The molecule has 1 N–H and O–H groups in total. The van der Waals surface area contributed by atoms with E-state index in [4.69, 9.17) is 27.9 Å². The van der Waals surface area contributed by atoms with Crippen LogP contribution in [0.3, 0.4) is 0 Å². The largest absolute Gasteiger partial charge is 0.488 e. The zero-order valence-corrected chi connectivity index (χ0v) is 20.0. The number of imide groups is 1. The third-order valence-electron chi connectivity index (χ3n) is 4.87. The summed E-state index contributed by atoms with van der Waals surface area (Å²) in [7, 11) is 0. The second-order valence-corrected chi connectivity index (χ2v) is 9.02. The molecule has 0 unspecified atom stereocenters. The van der Waals surface area contributed by atoms with Gasteiger partial charge in [-0.1, -0.05) is 71.7 Å². The highest BCUT2D eigenvalue weighted by molar-refractivity contribution is 8.18. The van der Waals surface area contributed by atoms with Gasteiger partial charge in [-0.05, 0) is 42.1 Å². The van der Waals surface area contributed by atoms with Crippen LogP contribution < -0.4 is 10.1 Å². The highest BCUT2D eigenvalue weighted by Crippen LogP contribution is 2.34. The predicted molar refractivity (Wildman–Crippen MR) is 135 cm³/mol. The molecule has 172 valence electrons. The van der Waals surface area contributed by atoms with E-state index in [9.17, 15) is 14.4 Å². The summed E-state index contributed by atoms with van der Waals surface area (Å²) in [6.07, 6.45) is 1.58. The number of thioether (sulfide) groups is 1. The molecular weight excluding hydrogens is 495 g/mol. The minimum Gasteiger partial charge on any atom is -0.488 e. The Morgan fingerprint density at radius 3 is 2.38 bits per heavy atom. The van der Waals surface area contributed by atoms with Crippen molar-refractivity contribution in [1.29, 1.82) is 0 Å². The zero-order valence-electron chi connectivity index (χ0n) is 17.7. The highest BCUT2D eigenvalue weighted by Gasteiger charge is 2.36. The summed E-state index contributed by atoms with van der Waals surface area (Å²) < 4.78 is 5.92. The van der Waals surface area contributed by atoms with Crippen molar-refractivity contribution in [3.8, 4) is 5.75 Å². The molecule has 1 aliphatic heterocycles. The fourth-order valence-electron chi connectivity index (χ4n) is 3.18. The van der Waals surface area contributed by atoms with Crippen LogP contribution in [0.4, 0.5) is 10.5 Å². The van der Waals surface area contributed by atoms with Crippen molar-refractivity contribution in [3.05, 3.63) is 98.9 Å². The molecule has 9 heteroatoms. The smallest absolute Gasteiger partial charge is 0.294 e. The Morgan fingerprint density at radius 2 is 1.62 bits per heavy atom. The van der Waals surface area contributed by atoms with Gasteiger partial charge in [0.05, 0.1) is 15.6 Å². The summed E-state index contributed by atoms with van der Waals surface area (Å²) in [6.45, 7) is -0.174. The molecule has 0 aromatic heterocycles. The molecule has 0 atom stereocenters. The number of benzene rings is 3. The number of rotatable bonds is 7. The number of para-hydroxylation sites is 2. The Balaban J connectivity index is 1.46. The van der Waals surface area contributed by atoms with Crippen LogP contribution in [0.25, 0.3) is 6.08 Å². The maximum Gasteiger partial charge on any atom is 0.294 e. The fourth-order valence-corrected chi connectivity index (χ4v) is 4.38. The minimum atomic E-state index is -0.551. The third kappa shape index (κ3) is 5.62. The molecule has 3 aromatic rings. The lowest BCUT2D eigenvalue weighted by molar-refractivity contribution is -0.127. The maximum atomic E-state index is 12.9. The van der Waals surface area contributed by atoms with Gasteiger partial charge in [0, 0.05) is 16.1 Å². The quantitative estimate of drug-likeness (QED) is 0.378. The van der Waals surface area contributed by atoms with Crippen molar-refractivity contribution >= 4 is 63.8 Å². The van der Waals surface area contributed by atoms with E-state index in [1.165, 1.54) is 0 Å². The lowest BCUT2D eigenvalue weighted by atomic mass is 10.1. The van der Waals surface area contributed by atoms with Crippen molar-refractivity contribution in [2.45, 2.75) is 6.61 Å². The van der Waals surface area contributed by atoms with Gasteiger partial charge in [0.25, 0.3) is 11.1 Å². The fraction of sp³-hybridized carbons (Fsp3) is 0.0800. The highest BCUT2D eigenvalue weighted by atomic mass is 35.5. The number of anilines is 1. The third-order valence-corrected chi connectivity index (χ3v) is 6.48. The van der Waals surface area contributed by atoms with Gasteiger partial charge in [-0.2, -0.15) is 0 Å². The van der Waals surface area contributed by atoms with E-state index in [2.05, 4.69) is 5.32 Å². The van der Waals surface area contributed by atoms with Crippen LogP contribution in [0.1, 0.15) is 11.1 Å². The molecule has 1 aliphatic rings. The van der Waals surface area contributed by atoms with Crippen molar-refractivity contribution in [1.82, 2.24) is 4.90 Å². The lowest BCUT2D eigenvalue weighted by Gasteiger charge is -2.13. The Bertz CT molecular complexity index is 1300. The number of amides is 3. The Morgan fingerprint density at radius 1 is 0.941 bits per heavy atom. The molecule has 3 amide bonds. The molecule has 1 saturated heterocycles. The monoisotopic (exact) mass is 512 g/mol. The number of ether oxygens (including phenoxy) is 1. The molecule has 3 aromatic carbocycles. The van der Waals surface area contributed by atoms with Gasteiger partial charge in [0.2, 0.25) is 5.91 Å². The average molecular weight is 513 g/mol. The van der Waals surface area contributed by atoms with Crippen molar-refractivity contribution in [3.63, 3.8) is 0 Å². The molecule has 0 bridgehead atoms. The first-order valence-corrected chi connectivity index (χ1v) is 11.7. The summed E-state index contributed by atoms with van der Waals surface area (Å²) in [4.78, 5) is 38.8. The number of nitrogens with zero attached hydrogens (tertiary/aromatic N) is 1. The van der Waals surface area contributed by atoms with E-state index < -0.39 is 23.6 Å². The molecule has 34 heavy (non-hydrogen) atoms. The first-order chi connectivity index (χ1) is 16.4. The first kappa shape index (κ1) is 23.9. The number of hydrogen-bond acceptors (Lipinski definition) is 5. The van der Waals surface area contributed by atoms with Crippen LogP contribution in [-0.4, -0.2) is 28.5 Å². The van der Waals surface area contributed by atoms with E-state index in [-0.39, 0.29) is 11.5 Å². The lowest BCUT2D eigenvalue weighted by Crippen LogP contribution is -2.36. The van der Waals surface area contributed by atoms with Crippen LogP contribution in [-0.2, 0) is 16.2 Å². The average Bonchev–Trinajstić information content (AvgIpc) is 3.08. The molecule has 0 saturated carbocycles. The molecule has 1 fully saturated rings. The molecule has 4 rings (SSSR count). The van der Waals surface area contributed by atoms with Gasteiger partial charge in [0.15, 0.2) is 0 Å². The summed E-state index contributed by atoms with van der Waals surface area (Å²) >= 11 is 13.0. The molecule has 1 heterocycles. The second-order valence-electron chi connectivity index (χ2n) is 7.21.